The topological polar surface area (TPSA) is 33.1 Å². The van der Waals surface area contributed by atoms with Gasteiger partial charge in [-0.1, -0.05) is 6.42 Å². The molecule has 0 spiro atoms. The Balaban J connectivity index is 1.72. The molecule has 2 aliphatic heterocycles. The van der Waals surface area contributed by atoms with Crippen molar-refractivity contribution in [1.82, 2.24) is 14.7 Å². The number of piperidine rings is 1. The van der Waals surface area contributed by atoms with Gasteiger partial charge in [-0.3, -0.25) is 4.90 Å². The Bertz CT molecular complexity index is 764. The number of fused-ring (bicyclic) bond motifs is 1. The Labute approximate surface area is 144 Å². The summed E-state index contributed by atoms with van der Waals surface area (Å²) >= 11 is 0. The van der Waals surface area contributed by atoms with E-state index in [0.29, 0.717) is 5.69 Å². The lowest BCUT2D eigenvalue weighted by Crippen LogP contribution is -2.30. The Morgan fingerprint density at radius 2 is 1.92 bits per heavy atom. The van der Waals surface area contributed by atoms with Crippen LogP contribution < -0.4 is 5.32 Å². The van der Waals surface area contributed by atoms with Gasteiger partial charge in [-0.05, 0) is 57.1 Å². The van der Waals surface area contributed by atoms with Crippen LogP contribution in [0.5, 0.6) is 0 Å². The molecule has 0 amide bonds. The summed E-state index contributed by atoms with van der Waals surface area (Å²) in [5.41, 5.74) is 2.30. The predicted molar refractivity (Wildman–Crippen MR) is 90.0 cm³/mol. The van der Waals surface area contributed by atoms with Crippen LogP contribution in [0.2, 0.25) is 0 Å². The molecule has 0 aliphatic carbocycles. The fourth-order valence-electron chi connectivity index (χ4n) is 3.87. The number of alkyl halides is 3. The van der Waals surface area contributed by atoms with E-state index >= 15 is 0 Å². The first-order chi connectivity index (χ1) is 11.9. The molecule has 0 radical (unpaired) electrons. The zero-order valence-corrected chi connectivity index (χ0v) is 14.1. The lowest BCUT2D eigenvalue weighted by atomic mass is 9.97. The molecule has 1 atom stereocenters. The number of likely N-dealkylation sites (tertiary alicyclic amines) is 1. The van der Waals surface area contributed by atoms with Gasteiger partial charge in [0.05, 0.1) is 23.0 Å². The first kappa shape index (κ1) is 16.4. The molecule has 7 heteroatoms. The monoisotopic (exact) mass is 350 g/mol. The van der Waals surface area contributed by atoms with E-state index in [2.05, 4.69) is 17.3 Å². The lowest BCUT2D eigenvalue weighted by molar-refractivity contribution is -0.137. The summed E-state index contributed by atoms with van der Waals surface area (Å²) in [5, 5.41) is 8.15. The minimum atomic E-state index is -4.32. The van der Waals surface area contributed by atoms with Gasteiger partial charge in [0, 0.05) is 12.1 Å². The maximum Gasteiger partial charge on any atom is 0.416 e. The van der Waals surface area contributed by atoms with E-state index in [1.165, 1.54) is 30.5 Å². The molecule has 2 aromatic rings. The zero-order chi connectivity index (χ0) is 17.6. The molecule has 2 aliphatic rings. The summed E-state index contributed by atoms with van der Waals surface area (Å²) in [4.78, 5) is 2.33. The van der Waals surface area contributed by atoms with Gasteiger partial charge in [0.25, 0.3) is 0 Å². The Morgan fingerprint density at radius 3 is 2.60 bits per heavy atom. The molecule has 1 aromatic carbocycles. The second kappa shape index (κ2) is 6.05. The van der Waals surface area contributed by atoms with E-state index in [0.717, 1.165) is 49.6 Å². The van der Waals surface area contributed by atoms with Gasteiger partial charge >= 0.3 is 6.18 Å². The molecule has 1 saturated heterocycles. The van der Waals surface area contributed by atoms with E-state index in [4.69, 9.17) is 5.10 Å². The van der Waals surface area contributed by atoms with E-state index < -0.39 is 11.7 Å². The van der Waals surface area contributed by atoms with Gasteiger partial charge in [-0.2, -0.15) is 18.3 Å². The standard InChI is InChI=1S/C18H21F3N4/c1-24-11-3-2-4-15(24)16-14-9-10-22-17(14)25(23-16)13-7-5-12(6-8-13)18(19,20)21/h5-8,15,22H,2-4,9-11H2,1H3. The molecule has 1 unspecified atom stereocenters. The van der Waals surface area contributed by atoms with Crippen molar-refractivity contribution < 1.29 is 13.2 Å². The molecule has 3 heterocycles. The van der Waals surface area contributed by atoms with Gasteiger partial charge in [0.1, 0.15) is 5.82 Å². The summed E-state index contributed by atoms with van der Waals surface area (Å²) in [5.74, 6) is 0.925. The number of anilines is 1. The molecule has 4 rings (SSSR count). The van der Waals surface area contributed by atoms with Crippen molar-refractivity contribution in [3.8, 4) is 5.69 Å². The lowest BCUT2D eigenvalue weighted by Gasteiger charge is -2.31. The number of nitrogens with one attached hydrogen (secondary N) is 1. The summed E-state index contributed by atoms with van der Waals surface area (Å²) < 4.78 is 40.1. The van der Waals surface area contributed by atoms with Crippen molar-refractivity contribution in [2.45, 2.75) is 37.9 Å². The molecule has 4 nitrogen and oxygen atoms in total. The number of rotatable bonds is 2. The summed E-state index contributed by atoms with van der Waals surface area (Å²) in [7, 11) is 2.12. The molecule has 1 N–H and O–H groups in total. The smallest absolute Gasteiger partial charge is 0.369 e. The molecule has 0 saturated carbocycles. The molecule has 1 fully saturated rings. The van der Waals surface area contributed by atoms with E-state index in [1.807, 2.05) is 0 Å². The van der Waals surface area contributed by atoms with E-state index in [9.17, 15) is 13.2 Å². The number of halogens is 3. The molecule has 1 aromatic heterocycles. The minimum absolute atomic E-state index is 0.290. The summed E-state index contributed by atoms with van der Waals surface area (Å²) in [6.07, 6.45) is 0.0544. The predicted octanol–water partition coefficient (Wildman–Crippen LogP) is 4.02. The van der Waals surface area contributed by atoms with Gasteiger partial charge in [-0.25, -0.2) is 4.68 Å². The third kappa shape index (κ3) is 2.90. The normalized spacial score (nSPS) is 21.2. The average molecular weight is 350 g/mol. The van der Waals surface area contributed by atoms with Crippen LogP contribution in [0.3, 0.4) is 0 Å². The highest BCUT2D eigenvalue weighted by Crippen LogP contribution is 2.38. The highest BCUT2D eigenvalue weighted by Gasteiger charge is 2.32. The maximum absolute atomic E-state index is 12.8. The van der Waals surface area contributed by atoms with Crippen molar-refractivity contribution in [3.63, 3.8) is 0 Å². The highest BCUT2D eigenvalue weighted by molar-refractivity contribution is 5.58. The third-order valence-corrected chi connectivity index (χ3v) is 5.21. The Morgan fingerprint density at radius 1 is 1.16 bits per heavy atom. The van der Waals surface area contributed by atoms with Crippen LogP contribution >= 0.6 is 0 Å². The Kier molecular flexibility index (Phi) is 3.98. The molecule has 134 valence electrons. The van der Waals surface area contributed by atoms with Crippen LogP contribution in [-0.2, 0) is 12.6 Å². The second-order valence-corrected chi connectivity index (χ2v) is 6.84. The molecular weight excluding hydrogens is 329 g/mol. The first-order valence-corrected chi connectivity index (χ1v) is 8.68. The van der Waals surface area contributed by atoms with Gasteiger partial charge in [0.2, 0.25) is 0 Å². The van der Waals surface area contributed by atoms with Crippen molar-refractivity contribution >= 4 is 5.82 Å². The van der Waals surface area contributed by atoms with Crippen molar-refractivity contribution in [1.29, 1.82) is 0 Å². The maximum atomic E-state index is 12.8. The molecular formula is C18H21F3N4. The molecule has 0 bridgehead atoms. The van der Waals surface area contributed by atoms with Crippen LogP contribution in [-0.4, -0.2) is 34.8 Å². The number of aromatic nitrogens is 2. The Hall–Kier alpha value is -2.02. The van der Waals surface area contributed by atoms with Gasteiger partial charge < -0.3 is 5.32 Å². The van der Waals surface area contributed by atoms with Crippen molar-refractivity contribution in [2.24, 2.45) is 0 Å². The first-order valence-electron chi connectivity index (χ1n) is 8.68. The van der Waals surface area contributed by atoms with Crippen LogP contribution in [0.1, 0.15) is 42.1 Å². The second-order valence-electron chi connectivity index (χ2n) is 6.84. The zero-order valence-electron chi connectivity index (χ0n) is 14.1. The fourth-order valence-corrected chi connectivity index (χ4v) is 3.87. The van der Waals surface area contributed by atoms with Crippen molar-refractivity contribution in [2.75, 3.05) is 25.5 Å². The molecule has 25 heavy (non-hydrogen) atoms. The third-order valence-electron chi connectivity index (χ3n) is 5.21. The largest absolute Gasteiger partial charge is 0.416 e. The minimum Gasteiger partial charge on any atom is -0.369 e. The van der Waals surface area contributed by atoms with Gasteiger partial charge in [0.15, 0.2) is 0 Å². The van der Waals surface area contributed by atoms with Gasteiger partial charge in [-0.15, -0.1) is 0 Å². The number of hydrogen-bond donors (Lipinski definition) is 1. The average Bonchev–Trinajstić information content (AvgIpc) is 3.17. The summed E-state index contributed by atoms with van der Waals surface area (Å²) in [6.45, 7) is 1.90. The van der Waals surface area contributed by atoms with E-state index in [1.54, 1.807) is 4.68 Å². The fraction of sp³-hybridized carbons (Fsp3) is 0.500. The van der Waals surface area contributed by atoms with Crippen LogP contribution in [0.15, 0.2) is 24.3 Å². The van der Waals surface area contributed by atoms with Crippen molar-refractivity contribution in [3.05, 3.63) is 41.1 Å². The number of benzene rings is 1. The number of nitrogens with zero attached hydrogens (tertiary/aromatic N) is 3. The quantitative estimate of drug-likeness (QED) is 0.888. The number of hydrogen-bond acceptors (Lipinski definition) is 3. The van der Waals surface area contributed by atoms with Crippen LogP contribution in [0, 0.1) is 0 Å². The van der Waals surface area contributed by atoms with Crippen LogP contribution in [0.4, 0.5) is 19.0 Å². The SMILES string of the molecule is CN1CCCCC1c1nn(-c2ccc(C(F)(F)F)cc2)c2c1CCN2. The summed E-state index contributed by atoms with van der Waals surface area (Å²) in [6, 6.07) is 5.50. The highest BCUT2D eigenvalue weighted by atomic mass is 19.4. The van der Waals surface area contributed by atoms with E-state index in [-0.39, 0.29) is 6.04 Å². The van der Waals surface area contributed by atoms with Crippen LogP contribution in [0.25, 0.3) is 5.69 Å².